The molecule has 0 aliphatic heterocycles. The molecular weight excluding hydrogens is 220 g/mol. The fraction of sp³-hybridized carbons (Fsp3) is 0.917. The molecule has 0 aromatic rings. The van der Waals surface area contributed by atoms with E-state index in [-0.39, 0.29) is 11.6 Å². The van der Waals surface area contributed by atoms with Crippen LogP contribution in [0.2, 0.25) is 0 Å². The van der Waals surface area contributed by atoms with Gasteiger partial charge in [-0.05, 0) is 27.2 Å². The van der Waals surface area contributed by atoms with Gasteiger partial charge in [-0.1, -0.05) is 0 Å². The summed E-state index contributed by atoms with van der Waals surface area (Å²) in [5.74, 6) is 0. The predicted octanol–water partition coefficient (Wildman–Crippen LogP) is 1.48. The zero-order valence-electron chi connectivity index (χ0n) is 11.7. The van der Waals surface area contributed by atoms with Gasteiger partial charge in [0.2, 0.25) is 0 Å². The highest BCUT2D eigenvalue weighted by Crippen LogP contribution is 2.02. The molecule has 0 aliphatic rings. The number of ether oxygens (including phenoxy) is 2. The third-order valence-electron chi connectivity index (χ3n) is 2.11. The second-order valence-corrected chi connectivity index (χ2v) is 5.01. The Morgan fingerprint density at radius 1 is 1.12 bits per heavy atom. The summed E-state index contributed by atoms with van der Waals surface area (Å²) in [6, 6.07) is -0.0503. The van der Waals surface area contributed by atoms with Crippen molar-refractivity contribution in [3.05, 3.63) is 0 Å². The van der Waals surface area contributed by atoms with Gasteiger partial charge in [-0.3, -0.25) is 0 Å². The number of hydrogen-bond acceptors (Lipinski definition) is 3. The summed E-state index contributed by atoms with van der Waals surface area (Å²) >= 11 is 0. The number of nitrogens with zero attached hydrogens (tertiary/aromatic N) is 1. The van der Waals surface area contributed by atoms with E-state index in [9.17, 15) is 4.79 Å². The summed E-state index contributed by atoms with van der Waals surface area (Å²) in [4.78, 5) is 13.7. The average Bonchev–Trinajstić information content (AvgIpc) is 2.20. The molecule has 0 aliphatic carbocycles. The minimum Gasteiger partial charge on any atom is -0.385 e. The predicted molar refractivity (Wildman–Crippen MR) is 68.2 cm³/mol. The molecule has 0 aromatic carbocycles. The van der Waals surface area contributed by atoms with Crippen molar-refractivity contribution < 1.29 is 14.3 Å². The summed E-state index contributed by atoms with van der Waals surface area (Å²) in [5.41, 5.74) is -0.219. The van der Waals surface area contributed by atoms with E-state index in [0.29, 0.717) is 26.3 Å². The fourth-order valence-electron chi connectivity index (χ4n) is 1.32. The zero-order chi connectivity index (χ0) is 13.3. The van der Waals surface area contributed by atoms with Crippen LogP contribution in [-0.2, 0) is 9.47 Å². The normalized spacial score (nSPS) is 11.4. The highest BCUT2D eigenvalue weighted by Gasteiger charge is 2.18. The molecule has 0 bridgehead atoms. The highest BCUT2D eigenvalue weighted by molar-refractivity contribution is 5.74. The SMILES string of the molecule is COCCCN(CCOC)C(=O)NC(C)(C)C. The minimum absolute atomic E-state index is 0.0503. The molecule has 102 valence electrons. The number of rotatable bonds is 7. The molecule has 0 unspecified atom stereocenters. The number of urea groups is 1. The van der Waals surface area contributed by atoms with Crippen molar-refractivity contribution in [3.63, 3.8) is 0 Å². The molecule has 5 heteroatoms. The number of amides is 2. The van der Waals surface area contributed by atoms with E-state index in [1.807, 2.05) is 20.8 Å². The summed E-state index contributed by atoms with van der Waals surface area (Å²) in [7, 11) is 3.30. The molecule has 0 saturated heterocycles. The van der Waals surface area contributed by atoms with Crippen molar-refractivity contribution in [3.8, 4) is 0 Å². The van der Waals surface area contributed by atoms with Gasteiger partial charge in [-0.25, -0.2) is 4.79 Å². The van der Waals surface area contributed by atoms with E-state index in [1.165, 1.54) is 0 Å². The number of carbonyl (C=O) groups is 1. The first kappa shape index (κ1) is 16.2. The van der Waals surface area contributed by atoms with Crippen molar-refractivity contribution in [1.29, 1.82) is 0 Å². The molecular formula is C12H26N2O3. The van der Waals surface area contributed by atoms with Crippen LogP contribution in [-0.4, -0.2) is 57.0 Å². The lowest BCUT2D eigenvalue weighted by molar-refractivity contribution is 0.134. The lowest BCUT2D eigenvalue weighted by atomic mass is 10.1. The van der Waals surface area contributed by atoms with Crippen molar-refractivity contribution in [2.24, 2.45) is 0 Å². The van der Waals surface area contributed by atoms with Gasteiger partial charge in [0.25, 0.3) is 0 Å². The van der Waals surface area contributed by atoms with E-state index in [1.54, 1.807) is 19.1 Å². The molecule has 5 nitrogen and oxygen atoms in total. The van der Waals surface area contributed by atoms with Gasteiger partial charge in [0.05, 0.1) is 6.61 Å². The molecule has 1 N–H and O–H groups in total. The van der Waals surface area contributed by atoms with Crippen LogP contribution < -0.4 is 5.32 Å². The van der Waals surface area contributed by atoms with Gasteiger partial charge < -0.3 is 19.7 Å². The Morgan fingerprint density at radius 2 is 1.71 bits per heavy atom. The van der Waals surface area contributed by atoms with Crippen LogP contribution in [0, 0.1) is 0 Å². The van der Waals surface area contributed by atoms with Crippen LogP contribution in [0.3, 0.4) is 0 Å². The lowest BCUT2D eigenvalue weighted by Crippen LogP contribution is -2.49. The van der Waals surface area contributed by atoms with Gasteiger partial charge in [0.1, 0.15) is 0 Å². The maximum absolute atomic E-state index is 12.0. The van der Waals surface area contributed by atoms with Gasteiger partial charge in [-0.2, -0.15) is 0 Å². The molecule has 0 atom stereocenters. The third kappa shape index (κ3) is 8.94. The van der Waals surface area contributed by atoms with Crippen LogP contribution in [0.25, 0.3) is 0 Å². The average molecular weight is 246 g/mol. The van der Waals surface area contributed by atoms with Crippen molar-refractivity contribution >= 4 is 6.03 Å². The molecule has 2 amide bonds. The van der Waals surface area contributed by atoms with E-state index in [0.717, 1.165) is 6.42 Å². The quantitative estimate of drug-likeness (QED) is 0.692. The molecule has 0 aromatic heterocycles. The monoisotopic (exact) mass is 246 g/mol. The summed E-state index contributed by atoms with van der Waals surface area (Å²) in [6.07, 6.45) is 0.831. The van der Waals surface area contributed by atoms with Crippen LogP contribution in [0.4, 0.5) is 4.79 Å². The molecule has 0 rings (SSSR count). The second kappa shape index (κ2) is 8.31. The van der Waals surface area contributed by atoms with Crippen LogP contribution in [0.15, 0.2) is 0 Å². The second-order valence-electron chi connectivity index (χ2n) is 5.01. The van der Waals surface area contributed by atoms with E-state index in [2.05, 4.69) is 5.32 Å². The Kier molecular flexibility index (Phi) is 7.91. The third-order valence-corrected chi connectivity index (χ3v) is 2.11. The lowest BCUT2D eigenvalue weighted by Gasteiger charge is -2.28. The summed E-state index contributed by atoms with van der Waals surface area (Å²) < 4.78 is 9.99. The van der Waals surface area contributed by atoms with Crippen molar-refractivity contribution in [2.45, 2.75) is 32.7 Å². The van der Waals surface area contributed by atoms with Gasteiger partial charge >= 0.3 is 6.03 Å². The zero-order valence-corrected chi connectivity index (χ0v) is 11.7. The van der Waals surface area contributed by atoms with Crippen molar-refractivity contribution in [1.82, 2.24) is 10.2 Å². The Labute approximate surface area is 104 Å². The van der Waals surface area contributed by atoms with Gasteiger partial charge in [-0.15, -0.1) is 0 Å². The first-order chi connectivity index (χ1) is 7.90. The molecule has 0 radical (unpaired) electrons. The minimum atomic E-state index is -0.219. The van der Waals surface area contributed by atoms with E-state index < -0.39 is 0 Å². The van der Waals surface area contributed by atoms with Gasteiger partial charge in [0.15, 0.2) is 0 Å². The van der Waals surface area contributed by atoms with Crippen LogP contribution >= 0.6 is 0 Å². The number of hydrogen-bond donors (Lipinski definition) is 1. The number of methoxy groups -OCH3 is 2. The summed E-state index contributed by atoms with van der Waals surface area (Å²) in [6.45, 7) is 8.38. The molecule has 0 fully saturated rings. The maximum Gasteiger partial charge on any atom is 0.317 e. The first-order valence-electron chi connectivity index (χ1n) is 5.95. The van der Waals surface area contributed by atoms with Gasteiger partial charge in [0, 0.05) is 39.5 Å². The number of nitrogens with one attached hydrogen (secondary N) is 1. The van der Waals surface area contributed by atoms with Crippen LogP contribution in [0.5, 0.6) is 0 Å². The Morgan fingerprint density at radius 3 is 2.18 bits per heavy atom. The highest BCUT2D eigenvalue weighted by atomic mass is 16.5. The fourth-order valence-corrected chi connectivity index (χ4v) is 1.32. The van der Waals surface area contributed by atoms with Crippen molar-refractivity contribution in [2.75, 3.05) is 40.5 Å². The topological polar surface area (TPSA) is 50.8 Å². The number of carbonyl (C=O) groups excluding carboxylic acids is 1. The Hall–Kier alpha value is -0.810. The maximum atomic E-state index is 12.0. The molecule has 17 heavy (non-hydrogen) atoms. The molecule has 0 heterocycles. The molecule has 0 spiro atoms. The van der Waals surface area contributed by atoms with E-state index in [4.69, 9.17) is 9.47 Å². The Balaban J connectivity index is 4.19. The summed E-state index contributed by atoms with van der Waals surface area (Å²) in [5, 5.41) is 2.95. The smallest absolute Gasteiger partial charge is 0.317 e. The van der Waals surface area contributed by atoms with Crippen LogP contribution in [0.1, 0.15) is 27.2 Å². The Bertz CT molecular complexity index is 214. The molecule has 0 saturated carbocycles. The largest absolute Gasteiger partial charge is 0.385 e. The van der Waals surface area contributed by atoms with E-state index >= 15 is 0 Å². The first-order valence-corrected chi connectivity index (χ1v) is 5.95. The standard InChI is InChI=1S/C12H26N2O3/c1-12(2,3)13-11(15)14(8-10-17-5)7-6-9-16-4/h6-10H2,1-5H3,(H,13,15).